The van der Waals surface area contributed by atoms with Crippen molar-refractivity contribution < 1.29 is 13.5 Å². The van der Waals surface area contributed by atoms with Crippen LogP contribution in [0, 0.1) is 0 Å². The van der Waals surface area contributed by atoms with Crippen LogP contribution < -0.4 is 10.1 Å². The summed E-state index contributed by atoms with van der Waals surface area (Å²) in [6, 6.07) is 6.15. The number of nitrogens with zero attached hydrogens (tertiary/aromatic N) is 2. The largest absolute Gasteiger partial charge is 0.435 e. The van der Waals surface area contributed by atoms with Crippen molar-refractivity contribution in [3.63, 3.8) is 0 Å². The number of hydrogen-bond donors (Lipinski definition) is 1. The van der Waals surface area contributed by atoms with Gasteiger partial charge in [0.15, 0.2) is 0 Å². The van der Waals surface area contributed by atoms with E-state index in [4.69, 9.17) is 11.6 Å². The molecule has 0 atom stereocenters. The molecule has 0 saturated heterocycles. The first-order chi connectivity index (χ1) is 9.97. The lowest BCUT2D eigenvalue weighted by atomic mass is 10.1. The highest BCUT2D eigenvalue weighted by Crippen LogP contribution is 2.30. The van der Waals surface area contributed by atoms with E-state index in [-0.39, 0.29) is 11.7 Å². The maximum absolute atomic E-state index is 12.1. The number of hydrogen-bond acceptors (Lipinski definition) is 4. The van der Waals surface area contributed by atoms with E-state index in [0.717, 1.165) is 5.56 Å². The predicted octanol–water partition coefficient (Wildman–Crippen LogP) is 4.60. The Labute approximate surface area is 126 Å². The fraction of sp³-hybridized carbons (Fsp3) is 0.286. The van der Waals surface area contributed by atoms with Crippen LogP contribution in [0.5, 0.6) is 5.75 Å². The van der Waals surface area contributed by atoms with Crippen LogP contribution in [0.25, 0.3) is 0 Å². The van der Waals surface area contributed by atoms with E-state index >= 15 is 0 Å². The summed E-state index contributed by atoms with van der Waals surface area (Å²) in [4.78, 5) is 8.13. The molecular formula is C14H14ClF2N3O. The zero-order chi connectivity index (χ0) is 15.4. The SMILES string of the molecule is CC(C)c1c(Cl)ncnc1Nc1ccc(OC(F)F)cc1. The van der Waals surface area contributed by atoms with Crippen molar-refractivity contribution in [2.24, 2.45) is 0 Å². The number of nitrogens with one attached hydrogen (secondary N) is 1. The van der Waals surface area contributed by atoms with Crippen LogP contribution in [0.15, 0.2) is 30.6 Å². The molecule has 112 valence electrons. The van der Waals surface area contributed by atoms with Crippen LogP contribution in [0.4, 0.5) is 20.3 Å². The summed E-state index contributed by atoms with van der Waals surface area (Å²) in [5, 5.41) is 3.49. The molecule has 4 nitrogen and oxygen atoms in total. The van der Waals surface area contributed by atoms with Gasteiger partial charge in [0, 0.05) is 11.3 Å². The molecule has 21 heavy (non-hydrogen) atoms. The number of halogens is 3. The number of anilines is 2. The van der Waals surface area contributed by atoms with Crippen molar-refractivity contribution >= 4 is 23.1 Å². The average Bonchev–Trinajstić information content (AvgIpc) is 2.40. The van der Waals surface area contributed by atoms with E-state index in [1.807, 2.05) is 13.8 Å². The summed E-state index contributed by atoms with van der Waals surface area (Å²) >= 11 is 6.08. The summed E-state index contributed by atoms with van der Waals surface area (Å²) in [5.74, 6) is 0.829. The van der Waals surface area contributed by atoms with Gasteiger partial charge in [-0.3, -0.25) is 0 Å². The molecule has 0 radical (unpaired) electrons. The first-order valence-corrected chi connectivity index (χ1v) is 6.67. The molecule has 0 aliphatic heterocycles. The van der Waals surface area contributed by atoms with Gasteiger partial charge in [-0.1, -0.05) is 25.4 Å². The first kappa shape index (κ1) is 15.4. The lowest BCUT2D eigenvalue weighted by Crippen LogP contribution is -2.04. The molecular weight excluding hydrogens is 300 g/mol. The zero-order valence-electron chi connectivity index (χ0n) is 11.5. The van der Waals surface area contributed by atoms with Crippen LogP contribution in [0.1, 0.15) is 25.3 Å². The Morgan fingerprint density at radius 3 is 2.38 bits per heavy atom. The molecule has 1 N–H and O–H groups in total. The predicted molar refractivity (Wildman–Crippen MR) is 77.5 cm³/mol. The molecule has 1 aromatic carbocycles. The maximum Gasteiger partial charge on any atom is 0.387 e. The third-order valence-electron chi connectivity index (χ3n) is 2.75. The number of alkyl halides is 2. The monoisotopic (exact) mass is 313 g/mol. The second-order valence-electron chi connectivity index (χ2n) is 4.61. The summed E-state index contributed by atoms with van der Waals surface area (Å²) in [5.41, 5.74) is 1.49. The third kappa shape index (κ3) is 4.01. The number of ether oxygens (including phenoxy) is 1. The van der Waals surface area contributed by atoms with Crippen molar-refractivity contribution in [1.82, 2.24) is 9.97 Å². The minimum Gasteiger partial charge on any atom is -0.435 e. The van der Waals surface area contributed by atoms with E-state index < -0.39 is 6.61 Å². The van der Waals surface area contributed by atoms with Crippen LogP contribution in [0.2, 0.25) is 5.15 Å². The third-order valence-corrected chi connectivity index (χ3v) is 3.06. The number of aromatic nitrogens is 2. The van der Waals surface area contributed by atoms with Gasteiger partial charge < -0.3 is 10.1 Å². The Hall–Kier alpha value is -1.95. The molecule has 1 heterocycles. The molecule has 2 aromatic rings. The molecule has 0 aliphatic rings. The van der Waals surface area contributed by atoms with Gasteiger partial charge in [0.2, 0.25) is 0 Å². The highest BCUT2D eigenvalue weighted by molar-refractivity contribution is 6.30. The Morgan fingerprint density at radius 1 is 1.14 bits per heavy atom. The van der Waals surface area contributed by atoms with Crippen molar-refractivity contribution in [3.8, 4) is 5.75 Å². The van der Waals surface area contributed by atoms with E-state index in [2.05, 4.69) is 20.0 Å². The summed E-state index contributed by atoms with van der Waals surface area (Å²) in [7, 11) is 0. The number of benzene rings is 1. The minimum absolute atomic E-state index is 0.0975. The first-order valence-electron chi connectivity index (χ1n) is 6.29. The summed E-state index contributed by atoms with van der Waals surface area (Å²) in [6.45, 7) is 1.13. The molecule has 2 rings (SSSR count). The van der Waals surface area contributed by atoms with Gasteiger partial charge in [0.05, 0.1) is 0 Å². The van der Waals surface area contributed by atoms with Crippen molar-refractivity contribution in [1.29, 1.82) is 0 Å². The summed E-state index contributed by atoms with van der Waals surface area (Å²) in [6.07, 6.45) is 1.37. The van der Waals surface area contributed by atoms with Gasteiger partial charge in [0.1, 0.15) is 23.0 Å². The zero-order valence-corrected chi connectivity index (χ0v) is 12.2. The Balaban J connectivity index is 2.20. The minimum atomic E-state index is -2.84. The van der Waals surface area contributed by atoms with E-state index in [1.165, 1.54) is 18.5 Å². The van der Waals surface area contributed by atoms with Gasteiger partial charge in [-0.2, -0.15) is 8.78 Å². The fourth-order valence-corrected chi connectivity index (χ4v) is 2.19. The highest BCUT2D eigenvalue weighted by Gasteiger charge is 2.13. The molecule has 7 heteroatoms. The van der Waals surface area contributed by atoms with Gasteiger partial charge in [-0.25, -0.2) is 9.97 Å². The molecule has 0 aliphatic carbocycles. The standard InChI is InChI=1S/C14H14ClF2N3O/c1-8(2)11-12(15)18-7-19-13(11)20-9-3-5-10(6-4-9)21-14(16)17/h3-8,14H,1-2H3,(H,18,19,20). The van der Waals surface area contributed by atoms with E-state index in [1.54, 1.807) is 12.1 Å². The lowest BCUT2D eigenvalue weighted by molar-refractivity contribution is -0.0498. The second-order valence-corrected chi connectivity index (χ2v) is 4.97. The van der Waals surface area contributed by atoms with E-state index in [0.29, 0.717) is 16.7 Å². The van der Waals surface area contributed by atoms with Gasteiger partial charge in [0.25, 0.3) is 0 Å². The van der Waals surface area contributed by atoms with Gasteiger partial charge in [-0.05, 0) is 30.2 Å². The second kappa shape index (κ2) is 6.67. The molecule has 0 unspecified atom stereocenters. The fourth-order valence-electron chi connectivity index (χ4n) is 1.84. The van der Waals surface area contributed by atoms with Crippen molar-refractivity contribution in [3.05, 3.63) is 41.3 Å². The normalized spacial score (nSPS) is 11.0. The van der Waals surface area contributed by atoms with Gasteiger partial charge >= 0.3 is 6.61 Å². The van der Waals surface area contributed by atoms with Crippen LogP contribution in [-0.4, -0.2) is 16.6 Å². The molecule has 1 aromatic heterocycles. The summed E-state index contributed by atoms with van der Waals surface area (Å²) < 4.78 is 28.5. The average molecular weight is 314 g/mol. The Kier molecular flexibility index (Phi) is 4.90. The molecule has 0 spiro atoms. The topological polar surface area (TPSA) is 47.0 Å². The molecule has 0 fully saturated rings. The quantitative estimate of drug-likeness (QED) is 0.820. The number of rotatable bonds is 5. The van der Waals surface area contributed by atoms with Gasteiger partial charge in [-0.15, -0.1) is 0 Å². The smallest absolute Gasteiger partial charge is 0.387 e. The Morgan fingerprint density at radius 2 is 1.81 bits per heavy atom. The molecule has 0 amide bonds. The Bertz CT molecular complexity index is 606. The molecule has 0 saturated carbocycles. The van der Waals surface area contributed by atoms with E-state index in [9.17, 15) is 8.78 Å². The van der Waals surface area contributed by atoms with Crippen LogP contribution in [-0.2, 0) is 0 Å². The highest BCUT2D eigenvalue weighted by atomic mass is 35.5. The lowest BCUT2D eigenvalue weighted by Gasteiger charge is -2.14. The van der Waals surface area contributed by atoms with Crippen molar-refractivity contribution in [2.45, 2.75) is 26.4 Å². The van der Waals surface area contributed by atoms with Crippen LogP contribution >= 0.6 is 11.6 Å². The molecule has 0 bridgehead atoms. The maximum atomic E-state index is 12.1. The van der Waals surface area contributed by atoms with Crippen molar-refractivity contribution in [2.75, 3.05) is 5.32 Å². The van der Waals surface area contributed by atoms with Crippen LogP contribution in [0.3, 0.4) is 0 Å².